The quantitative estimate of drug-likeness (QED) is 0.586. The van der Waals surface area contributed by atoms with Gasteiger partial charge in [-0.15, -0.1) is 0 Å². The van der Waals surface area contributed by atoms with E-state index in [9.17, 15) is 13.2 Å². The molecule has 0 saturated heterocycles. The minimum atomic E-state index is -4.17. The highest BCUT2D eigenvalue weighted by molar-refractivity contribution is 7.90. The van der Waals surface area contributed by atoms with Gasteiger partial charge in [0.2, 0.25) is 5.88 Å². The highest BCUT2D eigenvalue weighted by Gasteiger charge is 2.32. The Hall–Kier alpha value is -2.63. The minimum absolute atomic E-state index is 0.0967. The number of carbonyl (C=O) groups is 1. The van der Waals surface area contributed by atoms with E-state index in [-0.39, 0.29) is 23.5 Å². The fourth-order valence-corrected chi connectivity index (χ4v) is 5.84. The van der Waals surface area contributed by atoms with Crippen molar-refractivity contribution in [3.8, 4) is 5.88 Å². The SMILES string of the molecule is NCCOC1COc2c(S(=O)(=O)NC(=O)Nc3c4c(cc5c3CCC5)CCC4)cnn2C1. The molecule has 10 nitrogen and oxygen atoms in total. The molecule has 4 N–H and O–H groups in total. The molecule has 1 unspecified atom stereocenters. The van der Waals surface area contributed by atoms with Gasteiger partial charge in [-0.2, -0.15) is 5.10 Å². The van der Waals surface area contributed by atoms with Gasteiger partial charge in [-0.05, 0) is 60.8 Å². The summed E-state index contributed by atoms with van der Waals surface area (Å²) in [6.07, 6.45) is 6.78. The average molecular weight is 462 g/mol. The van der Waals surface area contributed by atoms with E-state index in [1.807, 2.05) is 0 Å². The van der Waals surface area contributed by atoms with Crippen LogP contribution in [0.2, 0.25) is 0 Å². The number of rotatable bonds is 6. The van der Waals surface area contributed by atoms with Gasteiger partial charge in [0.1, 0.15) is 12.7 Å². The van der Waals surface area contributed by atoms with Crippen molar-refractivity contribution in [2.75, 3.05) is 25.1 Å². The molecule has 0 saturated carbocycles. The van der Waals surface area contributed by atoms with Gasteiger partial charge < -0.3 is 20.5 Å². The standard InChI is InChI=1S/C21H27N5O5S/c22-7-8-30-15-11-26-20(31-12-15)18(10-23-26)32(28,29)25-21(27)24-19-16-5-1-3-13(16)9-14-4-2-6-17(14)19/h9-10,15H,1-8,11-12,22H2,(H2,24,25,27). The lowest BCUT2D eigenvalue weighted by Gasteiger charge is -2.24. The van der Waals surface area contributed by atoms with E-state index in [2.05, 4.69) is 21.2 Å². The first kappa shape index (κ1) is 21.2. The topological polar surface area (TPSA) is 138 Å². The van der Waals surface area contributed by atoms with Crippen LogP contribution < -0.4 is 20.5 Å². The summed E-state index contributed by atoms with van der Waals surface area (Å²) in [5.41, 5.74) is 11.0. The van der Waals surface area contributed by atoms with E-state index in [1.54, 1.807) is 0 Å². The Bertz CT molecular complexity index is 1130. The largest absolute Gasteiger partial charge is 0.474 e. The van der Waals surface area contributed by atoms with E-state index < -0.39 is 16.1 Å². The van der Waals surface area contributed by atoms with Crippen molar-refractivity contribution in [3.63, 3.8) is 0 Å². The zero-order valence-corrected chi connectivity index (χ0v) is 18.5. The van der Waals surface area contributed by atoms with Crippen LogP contribution in [-0.4, -0.2) is 50.1 Å². The maximum Gasteiger partial charge on any atom is 0.333 e. The number of nitrogens with one attached hydrogen (secondary N) is 2. The molecule has 1 atom stereocenters. The zero-order chi connectivity index (χ0) is 22.3. The minimum Gasteiger partial charge on any atom is -0.474 e. The summed E-state index contributed by atoms with van der Waals surface area (Å²) in [6.45, 7) is 1.29. The van der Waals surface area contributed by atoms with Crippen LogP contribution in [0.4, 0.5) is 10.5 Å². The molecule has 32 heavy (non-hydrogen) atoms. The summed E-state index contributed by atoms with van der Waals surface area (Å²) in [4.78, 5) is 12.6. The van der Waals surface area contributed by atoms with Gasteiger partial charge >= 0.3 is 6.03 Å². The van der Waals surface area contributed by atoms with Crippen molar-refractivity contribution in [2.24, 2.45) is 5.73 Å². The molecule has 172 valence electrons. The molecule has 1 aromatic heterocycles. The Balaban J connectivity index is 1.33. The molecule has 0 radical (unpaired) electrons. The van der Waals surface area contributed by atoms with Gasteiger partial charge in [0.15, 0.2) is 4.90 Å². The molecule has 11 heteroatoms. The van der Waals surface area contributed by atoms with E-state index in [0.717, 1.165) is 55.3 Å². The first-order valence-corrected chi connectivity index (χ1v) is 12.4. The van der Waals surface area contributed by atoms with Gasteiger partial charge in [-0.1, -0.05) is 6.07 Å². The third-order valence-electron chi connectivity index (χ3n) is 6.24. The van der Waals surface area contributed by atoms with E-state index in [1.165, 1.54) is 22.0 Å². The Morgan fingerprint density at radius 3 is 2.62 bits per heavy atom. The lowest BCUT2D eigenvalue weighted by atomic mass is 9.99. The number of amides is 2. The maximum atomic E-state index is 12.9. The molecule has 0 fully saturated rings. The first-order valence-electron chi connectivity index (χ1n) is 11.0. The monoisotopic (exact) mass is 461 g/mol. The number of aromatic nitrogens is 2. The lowest BCUT2D eigenvalue weighted by molar-refractivity contribution is -0.00999. The molecular formula is C21H27N5O5S. The number of nitrogens with zero attached hydrogens (tertiary/aromatic N) is 2. The van der Waals surface area contributed by atoms with E-state index in [4.69, 9.17) is 15.2 Å². The molecule has 1 aromatic carbocycles. The number of carbonyl (C=O) groups excluding carboxylic acids is 1. The third-order valence-corrected chi connectivity index (χ3v) is 7.55. The fraction of sp³-hybridized carbons (Fsp3) is 0.524. The van der Waals surface area contributed by atoms with Crippen LogP contribution in [-0.2, 0) is 47.0 Å². The highest BCUT2D eigenvalue weighted by atomic mass is 32.2. The van der Waals surface area contributed by atoms with Crippen LogP contribution in [0.15, 0.2) is 17.2 Å². The number of hydrogen-bond donors (Lipinski definition) is 3. The van der Waals surface area contributed by atoms with Crippen molar-refractivity contribution in [3.05, 3.63) is 34.5 Å². The number of urea groups is 1. The predicted octanol–water partition coefficient (Wildman–Crippen LogP) is 1.11. The number of fused-ring (bicyclic) bond motifs is 3. The fourth-order valence-electron chi connectivity index (χ4n) is 4.85. The van der Waals surface area contributed by atoms with Crippen molar-refractivity contribution in [2.45, 2.75) is 56.1 Å². The van der Waals surface area contributed by atoms with Crippen LogP contribution in [0, 0.1) is 0 Å². The van der Waals surface area contributed by atoms with Crippen LogP contribution in [0.5, 0.6) is 5.88 Å². The smallest absolute Gasteiger partial charge is 0.333 e. The van der Waals surface area contributed by atoms with Gasteiger partial charge in [0.05, 0.1) is 19.3 Å². The van der Waals surface area contributed by atoms with Crippen molar-refractivity contribution < 1.29 is 22.7 Å². The summed E-state index contributed by atoms with van der Waals surface area (Å²) in [5.74, 6) is 0.0967. The number of nitrogens with two attached hydrogens (primary N) is 1. The molecule has 0 spiro atoms. The summed E-state index contributed by atoms with van der Waals surface area (Å²) in [5, 5.41) is 6.94. The van der Waals surface area contributed by atoms with Crippen LogP contribution in [0.1, 0.15) is 35.1 Å². The highest BCUT2D eigenvalue weighted by Crippen LogP contribution is 2.38. The van der Waals surface area contributed by atoms with Crippen molar-refractivity contribution >= 4 is 21.7 Å². The second kappa shape index (κ2) is 8.38. The molecule has 2 amide bonds. The molecule has 2 aliphatic carbocycles. The average Bonchev–Trinajstić information content (AvgIpc) is 3.50. The Morgan fingerprint density at radius 1 is 1.22 bits per heavy atom. The Labute approximate surface area is 186 Å². The zero-order valence-electron chi connectivity index (χ0n) is 17.7. The second-order valence-electron chi connectivity index (χ2n) is 8.38. The number of aryl methyl sites for hydroxylation is 2. The Morgan fingerprint density at radius 2 is 1.94 bits per heavy atom. The van der Waals surface area contributed by atoms with Gasteiger partial charge in [0.25, 0.3) is 10.0 Å². The predicted molar refractivity (Wildman–Crippen MR) is 116 cm³/mol. The van der Waals surface area contributed by atoms with Crippen LogP contribution in [0.25, 0.3) is 0 Å². The van der Waals surface area contributed by atoms with Gasteiger partial charge in [0, 0.05) is 12.2 Å². The Kier molecular flexibility index (Phi) is 5.56. The lowest BCUT2D eigenvalue weighted by Crippen LogP contribution is -2.37. The number of sulfonamides is 1. The molecule has 2 heterocycles. The second-order valence-corrected chi connectivity index (χ2v) is 10.0. The van der Waals surface area contributed by atoms with Gasteiger partial charge in [-0.3, -0.25) is 0 Å². The van der Waals surface area contributed by atoms with Crippen molar-refractivity contribution in [1.29, 1.82) is 0 Å². The summed E-state index contributed by atoms with van der Waals surface area (Å²) in [7, 11) is -4.17. The molecule has 3 aliphatic rings. The first-order chi connectivity index (χ1) is 15.5. The van der Waals surface area contributed by atoms with Crippen LogP contribution >= 0.6 is 0 Å². The maximum absolute atomic E-state index is 12.9. The third kappa shape index (κ3) is 3.84. The number of anilines is 1. The van der Waals surface area contributed by atoms with Crippen molar-refractivity contribution in [1.82, 2.24) is 14.5 Å². The summed E-state index contributed by atoms with van der Waals surface area (Å²) < 4.78 is 40.6. The molecule has 1 aliphatic heterocycles. The number of hydrogen-bond acceptors (Lipinski definition) is 7. The summed E-state index contributed by atoms with van der Waals surface area (Å²) >= 11 is 0. The normalized spacial score (nSPS) is 19.1. The molecule has 5 rings (SSSR count). The summed E-state index contributed by atoms with van der Waals surface area (Å²) in [6, 6.07) is 1.48. The van der Waals surface area contributed by atoms with E-state index >= 15 is 0 Å². The van der Waals surface area contributed by atoms with E-state index in [0.29, 0.717) is 19.7 Å². The molecular weight excluding hydrogens is 434 g/mol. The van der Waals surface area contributed by atoms with Gasteiger partial charge in [-0.25, -0.2) is 22.6 Å². The number of ether oxygens (including phenoxy) is 2. The molecule has 2 aromatic rings. The molecule has 0 bridgehead atoms. The van der Waals surface area contributed by atoms with Crippen LogP contribution in [0.3, 0.4) is 0 Å². The number of benzene rings is 1.